The van der Waals surface area contributed by atoms with Gasteiger partial charge in [-0.2, -0.15) is 0 Å². The Hall–Kier alpha value is -3.06. The fraction of sp³-hybridized carbons (Fsp3) is 0.417. The van der Waals surface area contributed by atoms with E-state index in [0.717, 1.165) is 19.5 Å². The molecule has 7 heteroatoms. The number of amides is 1. The third-order valence-electron chi connectivity index (χ3n) is 5.50. The second-order valence-electron chi connectivity index (χ2n) is 7.41. The van der Waals surface area contributed by atoms with Crippen LogP contribution >= 0.6 is 0 Å². The minimum absolute atomic E-state index is 0.0433. The van der Waals surface area contributed by atoms with Crippen LogP contribution in [0.3, 0.4) is 0 Å². The predicted molar refractivity (Wildman–Crippen MR) is 118 cm³/mol. The number of hydrogen-bond acceptors (Lipinski definition) is 6. The lowest BCUT2D eigenvalue weighted by Gasteiger charge is -2.26. The van der Waals surface area contributed by atoms with Gasteiger partial charge in [0.15, 0.2) is 0 Å². The van der Waals surface area contributed by atoms with Crippen LogP contribution in [0, 0.1) is 0 Å². The van der Waals surface area contributed by atoms with Crippen molar-refractivity contribution in [2.45, 2.75) is 33.2 Å². The second kappa shape index (κ2) is 10.3. The van der Waals surface area contributed by atoms with Crippen molar-refractivity contribution in [2.24, 2.45) is 0 Å². The van der Waals surface area contributed by atoms with E-state index < -0.39 is 17.7 Å². The molecule has 0 saturated carbocycles. The molecule has 0 aliphatic carbocycles. The van der Waals surface area contributed by atoms with Crippen molar-refractivity contribution in [3.63, 3.8) is 0 Å². The summed E-state index contributed by atoms with van der Waals surface area (Å²) in [6.45, 7) is 9.40. The molecule has 7 nitrogen and oxygen atoms in total. The molecule has 1 amide bonds. The van der Waals surface area contributed by atoms with Crippen LogP contribution in [-0.4, -0.2) is 59.4 Å². The molecule has 166 valence electrons. The van der Waals surface area contributed by atoms with E-state index in [-0.39, 0.29) is 11.3 Å². The first-order valence-corrected chi connectivity index (χ1v) is 10.8. The number of hydrogen-bond donors (Lipinski definition) is 1. The molecule has 1 saturated heterocycles. The summed E-state index contributed by atoms with van der Waals surface area (Å²) in [5.74, 6) is -0.418. The maximum atomic E-state index is 12.9. The average Bonchev–Trinajstić information content (AvgIpc) is 3.40. The lowest BCUT2D eigenvalue weighted by molar-refractivity contribution is -0.140. The standard InChI is InChI=1S/C24H30N2O5/c1-4-15-30-18-11-9-17(10-12-18)22(27)20-21(19-8-7-16-31-19)26(24(29)23(20)28)14-13-25(5-2)6-3/h7-12,16,21,27H,4-6,13-15H2,1-3H3/b22-20-. The fourth-order valence-electron chi connectivity index (χ4n) is 3.73. The Morgan fingerprint density at radius 1 is 1.13 bits per heavy atom. The highest BCUT2D eigenvalue weighted by Crippen LogP contribution is 2.39. The molecule has 1 aromatic heterocycles. The van der Waals surface area contributed by atoms with Gasteiger partial charge in [-0.15, -0.1) is 0 Å². The number of nitrogens with zero attached hydrogens (tertiary/aromatic N) is 2. The Morgan fingerprint density at radius 3 is 2.42 bits per heavy atom. The summed E-state index contributed by atoms with van der Waals surface area (Å²) in [5.41, 5.74) is 0.490. The quantitative estimate of drug-likeness (QED) is 0.353. The van der Waals surface area contributed by atoms with Crippen LogP contribution in [0.25, 0.3) is 5.76 Å². The van der Waals surface area contributed by atoms with Gasteiger partial charge in [0.1, 0.15) is 23.3 Å². The van der Waals surface area contributed by atoms with Gasteiger partial charge in [0.2, 0.25) is 0 Å². The number of ketones is 1. The van der Waals surface area contributed by atoms with Crippen molar-refractivity contribution in [2.75, 3.05) is 32.8 Å². The molecule has 1 aliphatic rings. The van der Waals surface area contributed by atoms with E-state index >= 15 is 0 Å². The molecule has 2 heterocycles. The molecule has 1 aromatic carbocycles. The highest BCUT2D eigenvalue weighted by molar-refractivity contribution is 6.46. The molecule has 1 N–H and O–H groups in total. The van der Waals surface area contributed by atoms with Crippen molar-refractivity contribution < 1.29 is 23.8 Å². The van der Waals surface area contributed by atoms with Gasteiger partial charge in [0.25, 0.3) is 11.7 Å². The fourth-order valence-corrected chi connectivity index (χ4v) is 3.73. The number of Topliss-reactive ketones (excluding diaryl/α,β-unsaturated/α-hetero) is 1. The number of aliphatic hydroxyl groups excluding tert-OH is 1. The number of benzene rings is 1. The van der Waals surface area contributed by atoms with Crippen LogP contribution in [0.5, 0.6) is 5.75 Å². The molecular formula is C24H30N2O5. The maximum absolute atomic E-state index is 12.9. The van der Waals surface area contributed by atoms with Crippen LogP contribution < -0.4 is 4.74 Å². The lowest BCUT2D eigenvalue weighted by atomic mass is 9.99. The van der Waals surface area contributed by atoms with E-state index in [2.05, 4.69) is 18.7 Å². The zero-order chi connectivity index (χ0) is 22.4. The van der Waals surface area contributed by atoms with Gasteiger partial charge in [-0.1, -0.05) is 20.8 Å². The third kappa shape index (κ3) is 4.82. The minimum atomic E-state index is -0.762. The van der Waals surface area contributed by atoms with Gasteiger partial charge in [0.05, 0.1) is 18.4 Å². The highest BCUT2D eigenvalue weighted by atomic mass is 16.5. The van der Waals surface area contributed by atoms with Crippen LogP contribution in [0.4, 0.5) is 0 Å². The van der Waals surface area contributed by atoms with Crippen LogP contribution in [0.1, 0.15) is 44.6 Å². The van der Waals surface area contributed by atoms with E-state index in [0.29, 0.717) is 36.8 Å². The first kappa shape index (κ1) is 22.6. The van der Waals surface area contributed by atoms with Crippen molar-refractivity contribution >= 4 is 17.4 Å². The van der Waals surface area contributed by atoms with Crippen molar-refractivity contribution in [3.05, 3.63) is 59.6 Å². The average molecular weight is 427 g/mol. The summed E-state index contributed by atoms with van der Waals surface area (Å²) in [4.78, 5) is 29.5. The van der Waals surface area contributed by atoms with Crippen molar-refractivity contribution in [1.29, 1.82) is 0 Å². The number of aliphatic hydroxyl groups is 1. The van der Waals surface area contributed by atoms with Gasteiger partial charge < -0.3 is 24.1 Å². The Bertz CT molecular complexity index is 914. The second-order valence-corrected chi connectivity index (χ2v) is 7.41. The zero-order valence-corrected chi connectivity index (χ0v) is 18.3. The molecule has 2 aromatic rings. The van der Waals surface area contributed by atoms with Crippen molar-refractivity contribution in [1.82, 2.24) is 9.80 Å². The molecule has 31 heavy (non-hydrogen) atoms. The Labute approximate surface area is 182 Å². The minimum Gasteiger partial charge on any atom is -0.507 e. The summed E-state index contributed by atoms with van der Waals surface area (Å²) >= 11 is 0. The summed E-state index contributed by atoms with van der Waals surface area (Å²) in [6, 6.07) is 9.51. The number of carbonyl (C=O) groups is 2. The van der Waals surface area contributed by atoms with E-state index in [4.69, 9.17) is 9.15 Å². The zero-order valence-electron chi connectivity index (χ0n) is 18.3. The van der Waals surface area contributed by atoms with Gasteiger partial charge in [-0.3, -0.25) is 9.59 Å². The Kier molecular flexibility index (Phi) is 7.52. The molecule has 3 rings (SSSR count). The first-order valence-electron chi connectivity index (χ1n) is 10.8. The Balaban J connectivity index is 1.96. The summed E-state index contributed by atoms with van der Waals surface area (Å²) < 4.78 is 11.1. The number of carbonyl (C=O) groups excluding carboxylic acids is 2. The van der Waals surface area contributed by atoms with Crippen LogP contribution in [-0.2, 0) is 9.59 Å². The van der Waals surface area contributed by atoms with E-state index in [9.17, 15) is 14.7 Å². The molecule has 1 atom stereocenters. The summed E-state index contributed by atoms with van der Waals surface area (Å²) in [6.07, 6.45) is 2.39. The summed E-state index contributed by atoms with van der Waals surface area (Å²) in [7, 11) is 0. The topological polar surface area (TPSA) is 83.2 Å². The van der Waals surface area contributed by atoms with Gasteiger partial charge >= 0.3 is 0 Å². The number of rotatable bonds is 10. The Morgan fingerprint density at radius 2 is 1.84 bits per heavy atom. The van der Waals surface area contributed by atoms with Gasteiger partial charge in [-0.25, -0.2) is 0 Å². The first-order chi connectivity index (χ1) is 15.0. The SMILES string of the molecule is CCCOc1ccc(/C(O)=C2/C(=O)C(=O)N(CCN(CC)CC)C2c2ccco2)cc1. The lowest BCUT2D eigenvalue weighted by Crippen LogP contribution is -2.37. The molecule has 0 radical (unpaired) electrons. The molecule has 1 fully saturated rings. The largest absolute Gasteiger partial charge is 0.507 e. The molecule has 1 unspecified atom stereocenters. The van der Waals surface area contributed by atoms with E-state index in [1.165, 1.54) is 11.2 Å². The van der Waals surface area contributed by atoms with Gasteiger partial charge in [-0.05, 0) is 55.9 Å². The number of ether oxygens (including phenoxy) is 1. The summed E-state index contributed by atoms with van der Waals surface area (Å²) in [5, 5.41) is 11.0. The third-order valence-corrected chi connectivity index (χ3v) is 5.50. The monoisotopic (exact) mass is 426 g/mol. The predicted octanol–water partition coefficient (Wildman–Crippen LogP) is 3.83. The van der Waals surface area contributed by atoms with E-state index in [1.54, 1.807) is 36.4 Å². The molecule has 0 bridgehead atoms. The van der Waals surface area contributed by atoms with Crippen LogP contribution in [0.15, 0.2) is 52.7 Å². The van der Waals surface area contributed by atoms with Gasteiger partial charge in [0, 0.05) is 18.7 Å². The normalized spacial score (nSPS) is 18.2. The van der Waals surface area contributed by atoms with E-state index in [1.807, 2.05) is 6.92 Å². The number of likely N-dealkylation sites (tertiary alicyclic amines) is 1. The molecule has 1 aliphatic heterocycles. The van der Waals surface area contributed by atoms with Crippen LogP contribution in [0.2, 0.25) is 0 Å². The number of likely N-dealkylation sites (N-methyl/N-ethyl adjacent to an activating group) is 1. The van der Waals surface area contributed by atoms with Crippen molar-refractivity contribution in [3.8, 4) is 5.75 Å². The smallest absolute Gasteiger partial charge is 0.295 e. The maximum Gasteiger partial charge on any atom is 0.295 e. The highest BCUT2D eigenvalue weighted by Gasteiger charge is 2.47. The molecule has 0 spiro atoms. The number of furan rings is 1. The molecular weight excluding hydrogens is 396 g/mol.